The van der Waals surface area contributed by atoms with Crippen molar-refractivity contribution in [3.63, 3.8) is 0 Å². The van der Waals surface area contributed by atoms with E-state index < -0.39 is 0 Å². The van der Waals surface area contributed by atoms with Gasteiger partial charge in [-0.3, -0.25) is 4.79 Å². The lowest BCUT2D eigenvalue weighted by Gasteiger charge is -2.13. The van der Waals surface area contributed by atoms with Crippen molar-refractivity contribution in [1.29, 1.82) is 0 Å². The maximum atomic E-state index is 12.5. The number of nitrogens with one attached hydrogen (secondary N) is 1. The summed E-state index contributed by atoms with van der Waals surface area (Å²) in [6, 6.07) is 17.7. The van der Waals surface area contributed by atoms with Crippen LogP contribution in [-0.2, 0) is 11.3 Å². The standard InChI is InChI=1S/C20H22N4OS/c1-4-24-18(16-10-6-5-7-11-16)22-23-20(24)26-15(3)19(25)21-17-12-8-9-14(2)13-17/h5-13,15H,4H2,1-3H3,(H,21,25). The fourth-order valence-corrected chi connectivity index (χ4v) is 3.55. The van der Waals surface area contributed by atoms with Crippen LogP contribution in [-0.4, -0.2) is 25.9 Å². The highest BCUT2D eigenvalue weighted by molar-refractivity contribution is 8.00. The molecule has 0 saturated heterocycles. The molecule has 1 heterocycles. The maximum absolute atomic E-state index is 12.5. The minimum absolute atomic E-state index is 0.0486. The molecule has 0 saturated carbocycles. The highest BCUT2D eigenvalue weighted by Crippen LogP contribution is 2.27. The van der Waals surface area contributed by atoms with Crippen LogP contribution < -0.4 is 5.32 Å². The molecule has 0 aliphatic carbocycles. The number of rotatable bonds is 6. The first-order valence-corrected chi connectivity index (χ1v) is 9.49. The summed E-state index contributed by atoms with van der Waals surface area (Å²) in [5.41, 5.74) is 2.94. The third-order valence-electron chi connectivity index (χ3n) is 4.00. The molecule has 134 valence electrons. The van der Waals surface area contributed by atoms with Crippen molar-refractivity contribution < 1.29 is 4.79 Å². The molecule has 0 aliphatic heterocycles. The first-order valence-electron chi connectivity index (χ1n) is 8.61. The number of anilines is 1. The second-order valence-corrected chi connectivity index (χ2v) is 7.34. The Morgan fingerprint density at radius 2 is 1.92 bits per heavy atom. The molecule has 0 spiro atoms. The van der Waals surface area contributed by atoms with Gasteiger partial charge in [-0.2, -0.15) is 0 Å². The zero-order valence-corrected chi connectivity index (χ0v) is 16.0. The Kier molecular flexibility index (Phi) is 5.73. The third-order valence-corrected chi connectivity index (χ3v) is 5.08. The lowest BCUT2D eigenvalue weighted by molar-refractivity contribution is -0.115. The number of carbonyl (C=O) groups is 1. The van der Waals surface area contributed by atoms with Gasteiger partial charge in [0.1, 0.15) is 0 Å². The Balaban J connectivity index is 1.74. The van der Waals surface area contributed by atoms with Crippen molar-refractivity contribution in [2.24, 2.45) is 0 Å². The maximum Gasteiger partial charge on any atom is 0.237 e. The van der Waals surface area contributed by atoms with Gasteiger partial charge >= 0.3 is 0 Å². The lowest BCUT2D eigenvalue weighted by atomic mass is 10.2. The first-order chi connectivity index (χ1) is 12.6. The molecule has 5 nitrogen and oxygen atoms in total. The van der Waals surface area contributed by atoms with Crippen molar-refractivity contribution in [2.75, 3.05) is 5.32 Å². The molecule has 1 N–H and O–H groups in total. The van der Waals surface area contributed by atoms with Crippen LogP contribution in [0, 0.1) is 6.92 Å². The summed E-state index contributed by atoms with van der Waals surface area (Å²) in [7, 11) is 0. The van der Waals surface area contributed by atoms with Crippen molar-refractivity contribution in [3.8, 4) is 11.4 Å². The van der Waals surface area contributed by atoms with Crippen molar-refractivity contribution >= 4 is 23.4 Å². The summed E-state index contributed by atoms with van der Waals surface area (Å²) in [4.78, 5) is 12.5. The molecule has 1 aromatic heterocycles. The van der Waals surface area contributed by atoms with E-state index in [9.17, 15) is 4.79 Å². The van der Waals surface area contributed by atoms with Crippen LogP contribution in [0.1, 0.15) is 19.4 Å². The highest BCUT2D eigenvalue weighted by Gasteiger charge is 2.20. The summed E-state index contributed by atoms with van der Waals surface area (Å²) in [5, 5.41) is 12.1. The minimum Gasteiger partial charge on any atom is -0.325 e. The van der Waals surface area contributed by atoms with Crippen LogP contribution in [0.5, 0.6) is 0 Å². The fraction of sp³-hybridized carbons (Fsp3) is 0.250. The van der Waals surface area contributed by atoms with Gasteiger partial charge in [0, 0.05) is 17.8 Å². The van der Waals surface area contributed by atoms with E-state index in [0.29, 0.717) is 0 Å². The zero-order chi connectivity index (χ0) is 18.5. The molecule has 1 amide bonds. The van der Waals surface area contributed by atoms with Crippen molar-refractivity contribution in [1.82, 2.24) is 14.8 Å². The molecule has 0 fully saturated rings. The van der Waals surface area contributed by atoms with E-state index in [4.69, 9.17) is 0 Å². The number of aryl methyl sites for hydroxylation is 1. The van der Waals surface area contributed by atoms with Crippen LogP contribution in [0.3, 0.4) is 0 Å². The molecule has 0 aliphatic rings. The van der Waals surface area contributed by atoms with Gasteiger partial charge in [-0.15, -0.1) is 10.2 Å². The van der Waals surface area contributed by atoms with Gasteiger partial charge < -0.3 is 9.88 Å². The Morgan fingerprint density at radius 3 is 2.62 bits per heavy atom. The molecule has 2 aromatic carbocycles. The molecule has 3 aromatic rings. The second kappa shape index (κ2) is 8.19. The van der Waals surface area contributed by atoms with Gasteiger partial charge in [-0.05, 0) is 38.5 Å². The molecule has 26 heavy (non-hydrogen) atoms. The number of nitrogens with zero attached hydrogens (tertiary/aromatic N) is 3. The van der Waals surface area contributed by atoms with E-state index in [2.05, 4.69) is 22.4 Å². The summed E-state index contributed by atoms with van der Waals surface area (Å²) in [6.45, 7) is 6.68. The number of aromatic nitrogens is 3. The predicted octanol–water partition coefficient (Wildman–Crippen LogP) is 4.39. The van der Waals surface area contributed by atoms with Crippen LogP contribution in [0.4, 0.5) is 5.69 Å². The van der Waals surface area contributed by atoms with Gasteiger partial charge in [0.15, 0.2) is 11.0 Å². The first kappa shape index (κ1) is 18.2. The van der Waals surface area contributed by atoms with Crippen molar-refractivity contribution in [2.45, 2.75) is 37.7 Å². The molecule has 3 rings (SSSR count). The monoisotopic (exact) mass is 366 g/mol. The van der Waals surface area contributed by atoms with Gasteiger partial charge in [-0.1, -0.05) is 54.2 Å². The number of hydrogen-bond donors (Lipinski definition) is 1. The highest BCUT2D eigenvalue weighted by atomic mass is 32.2. The zero-order valence-electron chi connectivity index (χ0n) is 15.1. The van der Waals surface area contributed by atoms with Gasteiger partial charge in [0.05, 0.1) is 5.25 Å². The van der Waals surface area contributed by atoms with Crippen LogP contribution in [0.15, 0.2) is 59.8 Å². The number of hydrogen-bond acceptors (Lipinski definition) is 4. The number of benzene rings is 2. The van der Waals surface area contributed by atoms with E-state index in [1.807, 2.05) is 73.0 Å². The average Bonchev–Trinajstić information content (AvgIpc) is 3.05. The lowest BCUT2D eigenvalue weighted by Crippen LogP contribution is -2.23. The van der Waals surface area contributed by atoms with Crippen LogP contribution in [0.2, 0.25) is 0 Å². The topological polar surface area (TPSA) is 59.8 Å². The van der Waals surface area contributed by atoms with Crippen LogP contribution in [0.25, 0.3) is 11.4 Å². The molecule has 6 heteroatoms. The Morgan fingerprint density at radius 1 is 1.15 bits per heavy atom. The van der Waals surface area contributed by atoms with Gasteiger partial charge in [0.2, 0.25) is 5.91 Å². The smallest absolute Gasteiger partial charge is 0.237 e. The fourth-order valence-electron chi connectivity index (χ4n) is 2.64. The molecular formula is C20H22N4OS. The summed E-state index contributed by atoms with van der Waals surface area (Å²) in [6.07, 6.45) is 0. The number of carbonyl (C=O) groups excluding carboxylic acids is 1. The van der Waals surface area contributed by atoms with Crippen molar-refractivity contribution in [3.05, 3.63) is 60.2 Å². The van der Waals surface area contributed by atoms with E-state index in [1.165, 1.54) is 11.8 Å². The van der Waals surface area contributed by atoms with E-state index >= 15 is 0 Å². The second-order valence-electron chi connectivity index (χ2n) is 6.04. The van der Waals surface area contributed by atoms with Gasteiger partial charge in [0.25, 0.3) is 0 Å². The summed E-state index contributed by atoms with van der Waals surface area (Å²) >= 11 is 1.42. The quantitative estimate of drug-likeness (QED) is 0.657. The van der Waals surface area contributed by atoms with Gasteiger partial charge in [-0.25, -0.2) is 0 Å². The Bertz CT molecular complexity index is 892. The number of amides is 1. The normalized spacial score (nSPS) is 12.0. The van der Waals surface area contributed by atoms with E-state index in [1.54, 1.807) is 0 Å². The average molecular weight is 366 g/mol. The third kappa shape index (κ3) is 4.14. The molecule has 0 radical (unpaired) electrons. The molecular weight excluding hydrogens is 344 g/mol. The molecule has 0 bridgehead atoms. The summed E-state index contributed by atoms with van der Waals surface area (Å²) < 4.78 is 2.04. The molecule has 1 atom stereocenters. The van der Waals surface area contributed by atoms with Crippen LogP contribution >= 0.6 is 11.8 Å². The Labute approximate surface area is 157 Å². The summed E-state index contributed by atoms with van der Waals surface area (Å²) in [5.74, 6) is 0.773. The predicted molar refractivity (Wildman–Crippen MR) is 106 cm³/mol. The Hall–Kier alpha value is -2.60. The number of thioether (sulfide) groups is 1. The van der Waals surface area contributed by atoms with E-state index in [-0.39, 0.29) is 11.2 Å². The van der Waals surface area contributed by atoms with E-state index in [0.717, 1.165) is 34.3 Å². The molecule has 1 unspecified atom stereocenters. The largest absolute Gasteiger partial charge is 0.325 e. The minimum atomic E-state index is -0.284. The SMILES string of the molecule is CCn1c(SC(C)C(=O)Nc2cccc(C)c2)nnc1-c1ccccc1.